The molecule has 1 N–H and O–H groups in total. The van der Waals surface area contributed by atoms with Crippen LogP contribution in [0.15, 0.2) is 36.5 Å². The van der Waals surface area contributed by atoms with E-state index >= 15 is 0 Å². The first kappa shape index (κ1) is 21.5. The zero-order chi connectivity index (χ0) is 21.9. The van der Waals surface area contributed by atoms with Gasteiger partial charge in [0.2, 0.25) is 0 Å². The number of esters is 1. The number of hydrogen-bond donors (Lipinski definition) is 1. The van der Waals surface area contributed by atoms with Gasteiger partial charge in [-0.2, -0.15) is 18.3 Å². The summed E-state index contributed by atoms with van der Waals surface area (Å²) in [6.07, 6.45) is -3.90. The minimum Gasteiger partial charge on any atom is -0.462 e. The minimum absolute atomic E-state index is 0.0284. The zero-order valence-electron chi connectivity index (χ0n) is 16.0. The van der Waals surface area contributed by atoms with Gasteiger partial charge in [-0.3, -0.25) is 14.8 Å². The van der Waals surface area contributed by atoms with Crippen LogP contribution >= 0.6 is 11.3 Å². The molecule has 30 heavy (non-hydrogen) atoms. The first-order chi connectivity index (χ1) is 14.3. The second-order valence-electron chi connectivity index (χ2n) is 5.96. The van der Waals surface area contributed by atoms with Crippen molar-refractivity contribution in [3.63, 3.8) is 0 Å². The third kappa shape index (κ3) is 4.35. The third-order valence-corrected chi connectivity index (χ3v) is 4.96. The van der Waals surface area contributed by atoms with Crippen molar-refractivity contribution < 1.29 is 27.5 Å². The highest BCUT2D eigenvalue weighted by molar-refractivity contribution is 7.18. The number of ether oxygens (including phenoxy) is 1. The maximum atomic E-state index is 13.4. The number of hydrogen-bond acceptors (Lipinski definition) is 6. The summed E-state index contributed by atoms with van der Waals surface area (Å²) in [5.74, 6) is -1.66. The number of thiazole rings is 1. The Morgan fingerprint density at radius 1 is 1.20 bits per heavy atom. The van der Waals surface area contributed by atoms with Gasteiger partial charge in [0.25, 0.3) is 5.91 Å². The van der Waals surface area contributed by atoms with Crippen molar-refractivity contribution in [2.24, 2.45) is 0 Å². The summed E-state index contributed by atoms with van der Waals surface area (Å²) in [6.45, 7) is 3.22. The molecule has 0 radical (unpaired) electrons. The van der Waals surface area contributed by atoms with Gasteiger partial charge in [-0.15, -0.1) is 0 Å². The number of amides is 1. The number of halogens is 3. The van der Waals surface area contributed by atoms with Gasteiger partial charge in [0.1, 0.15) is 4.88 Å². The van der Waals surface area contributed by atoms with E-state index < -0.39 is 29.3 Å². The van der Waals surface area contributed by atoms with Crippen LogP contribution in [0.4, 0.5) is 18.3 Å². The molecule has 2 heterocycles. The number of nitrogens with zero attached hydrogens (tertiary/aromatic N) is 3. The van der Waals surface area contributed by atoms with Crippen molar-refractivity contribution >= 4 is 28.3 Å². The van der Waals surface area contributed by atoms with E-state index in [0.717, 1.165) is 17.5 Å². The van der Waals surface area contributed by atoms with E-state index in [0.29, 0.717) is 10.2 Å². The normalized spacial score (nSPS) is 11.4. The molecule has 0 atom stereocenters. The summed E-state index contributed by atoms with van der Waals surface area (Å²) in [7, 11) is 0. The molecule has 0 aliphatic heterocycles. The van der Waals surface area contributed by atoms with Crippen molar-refractivity contribution in [1.29, 1.82) is 0 Å². The van der Waals surface area contributed by atoms with Gasteiger partial charge in [-0.25, -0.2) is 9.78 Å². The third-order valence-electron chi connectivity index (χ3n) is 4.01. The molecule has 7 nitrogen and oxygen atoms in total. The summed E-state index contributed by atoms with van der Waals surface area (Å²) in [6, 6.07) is 8.71. The highest BCUT2D eigenvalue weighted by Gasteiger charge is 2.40. The molecule has 158 valence electrons. The van der Waals surface area contributed by atoms with Gasteiger partial charge >= 0.3 is 12.1 Å². The Morgan fingerprint density at radius 2 is 1.90 bits per heavy atom. The van der Waals surface area contributed by atoms with Crippen LogP contribution in [0, 0.1) is 0 Å². The monoisotopic (exact) mass is 438 g/mol. The number of anilines is 1. The van der Waals surface area contributed by atoms with Crippen LogP contribution < -0.4 is 5.32 Å². The van der Waals surface area contributed by atoms with Gasteiger partial charge in [-0.1, -0.05) is 41.7 Å². The quantitative estimate of drug-likeness (QED) is 0.574. The van der Waals surface area contributed by atoms with Crippen LogP contribution in [-0.4, -0.2) is 33.2 Å². The van der Waals surface area contributed by atoms with Gasteiger partial charge in [0.05, 0.1) is 24.1 Å². The fourth-order valence-electron chi connectivity index (χ4n) is 2.76. The van der Waals surface area contributed by atoms with Crippen molar-refractivity contribution in [3.05, 3.63) is 52.7 Å². The lowest BCUT2D eigenvalue weighted by molar-refractivity contribution is -0.144. The van der Waals surface area contributed by atoms with Crippen molar-refractivity contribution in [2.75, 3.05) is 11.9 Å². The molecular formula is C19H17F3N4O3S. The fourth-order valence-corrected chi connectivity index (χ4v) is 3.63. The van der Waals surface area contributed by atoms with Gasteiger partial charge in [-0.05, 0) is 13.8 Å². The van der Waals surface area contributed by atoms with E-state index in [-0.39, 0.29) is 28.9 Å². The molecule has 1 aromatic carbocycles. The molecule has 2 aromatic heterocycles. The molecule has 3 aromatic rings. The van der Waals surface area contributed by atoms with Crippen LogP contribution in [0.25, 0.3) is 11.3 Å². The lowest BCUT2D eigenvalue weighted by atomic mass is 10.1. The predicted octanol–water partition coefficient (Wildman–Crippen LogP) is 4.47. The maximum absolute atomic E-state index is 13.4. The van der Waals surface area contributed by atoms with Crippen molar-refractivity contribution in [3.8, 4) is 11.3 Å². The second kappa shape index (κ2) is 8.66. The Hall–Kier alpha value is -3.21. The number of benzene rings is 1. The van der Waals surface area contributed by atoms with E-state index in [1.807, 2.05) is 0 Å². The molecule has 0 fully saturated rings. The Kier molecular flexibility index (Phi) is 6.20. The number of carbonyl (C=O) groups is 2. The topological polar surface area (TPSA) is 86.1 Å². The molecule has 3 rings (SSSR count). The number of carbonyl (C=O) groups excluding carboxylic acids is 2. The number of aromatic nitrogens is 3. The van der Waals surface area contributed by atoms with Crippen LogP contribution in [0.3, 0.4) is 0 Å². The van der Waals surface area contributed by atoms with E-state index in [4.69, 9.17) is 4.74 Å². The van der Waals surface area contributed by atoms with E-state index in [1.165, 1.54) is 6.92 Å². The summed E-state index contributed by atoms with van der Waals surface area (Å²) < 4.78 is 45.9. The molecule has 0 spiro atoms. The largest absolute Gasteiger partial charge is 0.462 e. The summed E-state index contributed by atoms with van der Waals surface area (Å²) in [5, 5.41) is 5.95. The van der Waals surface area contributed by atoms with E-state index in [9.17, 15) is 22.8 Å². The average molecular weight is 438 g/mol. The summed E-state index contributed by atoms with van der Waals surface area (Å²) >= 11 is 0.825. The van der Waals surface area contributed by atoms with Crippen LogP contribution in [0.1, 0.15) is 39.6 Å². The number of rotatable bonds is 6. The van der Waals surface area contributed by atoms with Gasteiger partial charge in [0.15, 0.2) is 10.8 Å². The zero-order valence-corrected chi connectivity index (χ0v) is 16.8. The highest BCUT2D eigenvalue weighted by atomic mass is 32.1. The average Bonchev–Trinajstić information content (AvgIpc) is 3.33. The van der Waals surface area contributed by atoms with Crippen LogP contribution in [-0.2, 0) is 17.5 Å². The van der Waals surface area contributed by atoms with E-state index in [2.05, 4.69) is 15.4 Å². The maximum Gasteiger partial charge on any atom is 0.433 e. The first-order valence-electron chi connectivity index (χ1n) is 8.94. The summed E-state index contributed by atoms with van der Waals surface area (Å²) in [4.78, 5) is 29.2. The molecule has 0 unspecified atom stereocenters. The van der Waals surface area contributed by atoms with E-state index in [1.54, 1.807) is 37.3 Å². The first-order valence-corrected chi connectivity index (χ1v) is 9.75. The number of alkyl halides is 3. The Bertz CT molecular complexity index is 1060. The number of aryl methyl sites for hydroxylation is 1. The highest BCUT2D eigenvalue weighted by Crippen LogP contribution is 2.34. The minimum atomic E-state index is -4.76. The number of nitrogens with one attached hydrogen (secondary N) is 1. The van der Waals surface area contributed by atoms with Crippen molar-refractivity contribution in [2.45, 2.75) is 26.6 Å². The summed E-state index contributed by atoms with van der Waals surface area (Å²) in [5.41, 5.74) is -0.895. The molecule has 0 bridgehead atoms. The second-order valence-corrected chi connectivity index (χ2v) is 6.96. The molecule has 1 amide bonds. The predicted molar refractivity (Wildman–Crippen MR) is 104 cm³/mol. The Morgan fingerprint density at radius 3 is 2.50 bits per heavy atom. The molecular weight excluding hydrogens is 421 g/mol. The fraction of sp³-hybridized carbons (Fsp3) is 0.263. The standard InChI is InChI=1S/C19H17F3N4O3S/c1-3-26-15(19(20,21)22)12(10-23-26)16(27)25-18-24-13(11-8-6-5-7-9-11)14(30-18)17(28)29-4-2/h5-10H,3-4H2,1-2H3,(H,24,25,27). The molecule has 0 saturated carbocycles. The smallest absolute Gasteiger partial charge is 0.433 e. The van der Waals surface area contributed by atoms with Gasteiger partial charge in [0, 0.05) is 12.1 Å². The van der Waals surface area contributed by atoms with Crippen LogP contribution in [0.5, 0.6) is 0 Å². The Labute approximate surface area is 173 Å². The van der Waals surface area contributed by atoms with Gasteiger partial charge < -0.3 is 4.74 Å². The van der Waals surface area contributed by atoms with Crippen LogP contribution in [0.2, 0.25) is 0 Å². The molecule has 0 aliphatic carbocycles. The van der Waals surface area contributed by atoms with Crippen molar-refractivity contribution in [1.82, 2.24) is 14.8 Å². The Balaban J connectivity index is 1.97. The lowest BCUT2D eigenvalue weighted by Gasteiger charge is -2.10. The molecule has 0 aliphatic rings. The lowest BCUT2D eigenvalue weighted by Crippen LogP contribution is -2.21. The molecule has 0 saturated heterocycles. The SMILES string of the molecule is CCOC(=O)c1sc(NC(=O)c2cnn(CC)c2C(F)(F)F)nc1-c1ccccc1. The molecule has 11 heteroatoms.